The van der Waals surface area contributed by atoms with Gasteiger partial charge in [-0.15, -0.1) is 0 Å². The predicted octanol–water partition coefficient (Wildman–Crippen LogP) is 1.09. The van der Waals surface area contributed by atoms with Gasteiger partial charge in [0.25, 0.3) is 0 Å². The summed E-state index contributed by atoms with van der Waals surface area (Å²) in [6.07, 6.45) is 7.53. The van der Waals surface area contributed by atoms with Gasteiger partial charge in [0.05, 0.1) is 13.2 Å². The fourth-order valence-corrected chi connectivity index (χ4v) is 3.41. The topological polar surface area (TPSA) is 59.1 Å². The van der Waals surface area contributed by atoms with Crippen LogP contribution in [0.1, 0.15) is 26.2 Å². The maximum Gasteiger partial charge on any atom is 0.397 e. The Bertz CT molecular complexity index is 533. The number of nitrogens with zero attached hydrogens (tertiary/aromatic N) is 2. The summed E-state index contributed by atoms with van der Waals surface area (Å²) in [5.41, 5.74) is 1.41. The van der Waals surface area contributed by atoms with Crippen molar-refractivity contribution in [2.24, 2.45) is 0 Å². The third-order valence-corrected chi connectivity index (χ3v) is 4.67. The minimum absolute atomic E-state index is 0.233. The highest BCUT2D eigenvalue weighted by atomic mass is 16.5. The highest BCUT2D eigenvalue weighted by Crippen LogP contribution is 2.30. The lowest BCUT2D eigenvalue weighted by Crippen LogP contribution is -2.53. The van der Waals surface area contributed by atoms with E-state index < -0.39 is 11.9 Å². The van der Waals surface area contributed by atoms with E-state index in [1.54, 1.807) is 11.8 Å². The highest BCUT2D eigenvalue weighted by Gasteiger charge is 2.31. The van der Waals surface area contributed by atoms with Gasteiger partial charge in [-0.2, -0.15) is 0 Å². The summed E-state index contributed by atoms with van der Waals surface area (Å²) < 4.78 is 10.5. The van der Waals surface area contributed by atoms with E-state index in [0.29, 0.717) is 19.1 Å². The number of ether oxygens (including phenoxy) is 2. The maximum atomic E-state index is 12.0. The van der Waals surface area contributed by atoms with Crippen LogP contribution in [0.3, 0.4) is 0 Å². The molecule has 0 bridgehead atoms. The third-order valence-electron chi connectivity index (χ3n) is 4.67. The number of hydrogen-bond donors (Lipinski definition) is 0. The molecular formula is C17H24N2O4. The first-order valence-electron chi connectivity index (χ1n) is 8.42. The molecule has 126 valence electrons. The lowest BCUT2D eigenvalue weighted by Gasteiger charge is -2.39. The molecule has 0 saturated carbocycles. The van der Waals surface area contributed by atoms with Gasteiger partial charge in [0.1, 0.15) is 5.76 Å². The van der Waals surface area contributed by atoms with Crippen molar-refractivity contribution < 1.29 is 19.1 Å². The zero-order chi connectivity index (χ0) is 16.2. The van der Waals surface area contributed by atoms with Crippen LogP contribution in [0.4, 0.5) is 0 Å². The lowest BCUT2D eigenvalue weighted by atomic mass is 9.93. The summed E-state index contributed by atoms with van der Waals surface area (Å²) in [4.78, 5) is 27.4. The number of carbonyl (C=O) groups excluding carboxylic acids is 2. The molecule has 0 spiro atoms. The lowest BCUT2D eigenvalue weighted by molar-refractivity contribution is -0.160. The molecule has 0 aromatic heterocycles. The van der Waals surface area contributed by atoms with Crippen LogP contribution >= 0.6 is 0 Å². The molecule has 6 nitrogen and oxygen atoms in total. The molecule has 1 aliphatic carbocycles. The molecule has 0 aromatic rings. The number of esters is 1. The monoisotopic (exact) mass is 320 g/mol. The van der Waals surface area contributed by atoms with Gasteiger partial charge < -0.3 is 14.4 Å². The molecule has 1 fully saturated rings. The quantitative estimate of drug-likeness (QED) is 0.563. The van der Waals surface area contributed by atoms with Gasteiger partial charge in [-0.05, 0) is 37.8 Å². The van der Waals surface area contributed by atoms with Crippen LogP contribution in [-0.4, -0.2) is 67.1 Å². The third kappa shape index (κ3) is 3.58. The molecule has 2 heterocycles. The Hall–Kier alpha value is -1.82. The van der Waals surface area contributed by atoms with Gasteiger partial charge in [-0.1, -0.05) is 6.08 Å². The summed E-state index contributed by atoms with van der Waals surface area (Å²) in [6, 6.07) is 0.371. The fraction of sp³-hybridized carbons (Fsp3) is 0.647. The maximum absolute atomic E-state index is 12.0. The van der Waals surface area contributed by atoms with E-state index >= 15 is 0 Å². The molecule has 6 heteroatoms. The van der Waals surface area contributed by atoms with Crippen LogP contribution in [0.5, 0.6) is 0 Å². The molecule has 3 aliphatic rings. The van der Waals surface area contributed by atoms with E-state index in [-0.39, 0.29) is 6.61 Å². The van der Waals surface area contributed by atoms with Crippen molar-refractivity contribution in [3.63, 3.8) is 0 Å². The number of allylic oxidation sites excluding steroid dienone is 1. The molecular weight excluding hydrogens is 296 g/mol. The molecule has 1 unspecified atom stereocenters. The van der Waals surface area contributed by atoms with Crippen LogP contribution in [0.15, 0.2) is 23.5 Å². The van der Waals surface area contributed by atoms with Crippen LogP contribution in [0, 0.1) is 0 Å². The van der Waals surface area contributed by atoms with E-state index in [9.17, 15) is 9.59 Å². The predicted molar refractivity (Wildman–Crippen MR) is 84.5 cm³/mol. The number of piperazine rings is 1. The molecule has 1 atom stereocenters. The Morgan fingerprint density at radius 3 is 2.83 bits per heavy atom. The van der Waals surface area contributed by atoms with E-state index in [2.05, 4.69) is 17.1 Å². The Labute approximate surface area is 136 Å². The van der Waals surface area contributed by atoms with Gasteiger partial charge in [0, 0.05) is 32.2 Å². The standard InChI is InChI=1S/C17H24N2O4/c1-2-22-17(21)16(20)19-9-7-18(8-10-19)14-5-6-15-13(12-14)4-3-11-23-15/h5-6,14H,2-4,7-12H2,1H3. The molecule has 0 N–H and O–H groups in total. The average molecular weight is 320 g/mol. The Kier molecular flexibility index (Phi) is 5.00. The van der Waals surface area contributed by atoms with Gasteiger partial charge in [0.15, 0.2) is 0 Å². The number of amides is 1. The molecule has 1 amide bonds. The van der Waals surface area contributed by atoms with Crippen molar-refractivity contribution in [1.29, 1.82) is 0 Å². The summed E-state index contributed by atoms with van der Waals surface area (Å²) in [5, 5.41) is 0. The number of rotatable bonds is 2. The van der Waals surface area contributed by atoms with Gasteiger partial charge in [0.2, 0.25) is 0 Å². The first kappa shape index (κ1) is 16.1. The number of hydrogen-bond acceptors (Lipinski definition) is 5. The van der Waals surface area contributed by atoms with Crippen molar-refractivity contribution in [2.45, 2.75) is 32.2 Å². The minimum Gasteiger partial charge on any atom is -0.494 e. The van der Waals surface area contributed by atoms with Crippen LogP contribution in [0.2, 0.25) is 0 Å². The normalized spacial score (nSPS) is 24.9. The SMILES string of the molecule is CCOC(=O)C(=O)N1CCN(C2C=CC3=C(CCCO3)C2)CC1. The van der Waals surface area contributed by atoms with Crippen LogP contribution in [-0.2, 0) is 19.1 Å². The first-order valence-corrected chi connectivity index (χ1v) is 8.42. The molecule has 2 aliphatic heterocycles. The summed E-state index contributed by atoms with van der Waals surface area (Å²) in [5.74, 6) is -0.201. The van der Waals surface area contributed by atoms with E-state index in [0.717, 1.165) is 44.7 Å². The average Bonchev–Trinajstić information content (AvgIpc) is 2.61. The second kappa shape index (κ2) is 7.17. The summed E-state index contributed by atoms with van der Waals surface area (Å²) in [7, 11) is 0. The van der Waals surface area contributed by atoms with Crippen molar-refractivity contribution in [3.8, 4) is 0 Å². The molecule has 1 saturated heterocycles. The largest absolute Gasteiger partial charge is 0.494 e. The smallest absolute Gasteiger partial charge is 0.397 e. The summed E-state index contributed by atoms with van der Waals surface area (Å²) in [6.45, 7) is 5.47. The Morgan fingerprint density at radius 1 is 1.30 bits per heavy atom. The highest BCUT2D eigenvalue weighted by molar-refractivity contribution is 6.32. The van der Waals surface area contributed by atoms with Crippen molar-refractivity contribution in [3.05, 3.63) is 23.5 Å². The van der Waals surface area contributed by atoms with Crippen LogP contribution in [0.25, 0.3) is 0 Å². The van der Waals surface area contributed by atoms with E-state index in [1.807, 2.05) is 0 Å². The number of carbonyl (C=O) groups is 2. The summed E-state index contributed by atoms with van der Waals surface area (Å²) >= 11 is 0. The second-order valence-electron chi connectivity index (χ2n) is 6.10. The zero-order valence-electron chi connectivity index (χ0n) is 13.6. The Balaban J connectivity index is 1.52. The zero-order valence-corrected chi connectivity index (χ0v) is 13.6. The van der Waals surface area contributed by atoms with Crippen molar-refractivity contribution >= 4 is 11.9 Å². The van der Waals surface area contributed by atoms with Crippen molar-refractivity contribution in [1.82, 2.24) is 9.80 Å². The first-order chi connectivity index (χ1) is 11.2. The van der Waals surface area contributed by atoms with E-state index in [4.69, 9.17) is 9.47 Å². The van der Waals surface area contributed by atoms with Gasteiger partial charge in [-0.3, -0.25) is 9.69 Å². The minimum atomic E-state index is -0.743. The second-order valence-corrected chi connectivity index (χ2v) is 6.10. The van der Waals surface area contributed by atoms with Crippen molar-refractivity contribution in [2.75, 3.05) is 39.4 Å². The van der Waals surface area contributed by atoms with E-state index in [1.165, 1.54) is 5.57 Å². The van der Waals surface area contributed by atoms with Crippen LogP contribution < -0.4 is 0 Å². The Morgan fingerprint density at radius 2 is 2.09 bits per heavy atom. The molecule has 23 heavy (non-hydrogen) atoms. The molecule has 0 aromatic carbocycles. The fourth-order valence-electron chi connectivity index (χ4n) is 3.41. The molecule has 3 rings (SSSR count). The van der Waals surface area contributed by atoms with Gasteiger partial charge >= 0.3 is 11.9 Å². The molecule has 0 radical (unpaired) electrons. The van der Waals surface area contributed by atoms with Gasteiger partial charge in [-0.25, -0.2) is 4.79 Å².